The molecule has 2 aliphatic heterocycles. The van der Waals surface area contributed by atoms with E-state index in [0.717, 1.165) is 31.4 Å². The summed E-state index contributed by atoms with van der Waals surface area (Å²) in [7, 11) is -3.31. The number of anilines is 1. The summed E-state index contributed by atoms with van der Waals surface area (Å²) in [5.74, 6) is -0.290. The molecule has 26 heavy (non-hydrogen) atoms. The lowest BCUT2D eigenvalue weighted by atomic mass is 10.2. The molecule has 2 saturated heterocycles. The third-order valence-electron chi connectivity index (χ3n) is 4.87. The van der Waals surface area contributed by atoms with Crippen molar-refractivity contribution < 1.29 is 18.0 Å². The number of carbonyl (C=O) groups is 2. The standard InChI is InChI=1S/C18H25N3O4S/c22-17-5-4-13-21(17)16-8-6-15(7-9-16)18(23)19-10-14-26(24,25)20-11-2-1-3-12-20/h6-9H,1-5,10-14H2,(H,19,23). The number of rotatable bonds is 6. The van der Waals surface area contributed by atoms with Crippen LogP contribution in [0, 0.1) is 0 Å². The Balaban J connectivity index is 1.51. The monoisotopic (exact) mass is 379 g/mol. The van der Waals surface area contributed by atoms with Gasteiger partial charge in [-0.15, -0.1) is 0 Å². The molecule has 3 rings (SSSR count). The number of piperidine rings is 1. The molecule has 0 spiro atoms. The summed E-state index contributed by atoms with van der Waals surface area (Å²) < 4.78 is 26.0. The van der Waals surface area contributed by atoms with Crippen LogP contribution < -0.4 is 10.2 Å². The maximum atomic E-state index is 12.3. The summed E-state index contributed by atoms with van der Waals surface area (Å²) in [6.45, 7) is 1.95. The number of amides is 2. The molecule has 8 heteroatoms. The number of sulfonamides is 1. The highest BCUT2D eigenvalue weighted by Crippen LogP contribution is 2.21. The Morgan fingerprint density at radius 3 is 2.31 bits per heavy atom. The van der Waals surface area contributed by atoms with Crippen LogP contribution in [-0.4, -0.2) is 56.5 Å². The molecule has 0 bridgehead atoms. The first-order valence-corrected chi connectivity index (χ1v) is 10.7. The Kier molecular flexibility index (Phi) is 5.93. The largest absolute Gasteiger partial charge is 0.351 e. The van der Waals surface area contributed by atoms with Crippen LogP contribution in [0.5, 0.6) is 0 Å². The molecule has 0 aliphatic carbocycles. The lowest BCUT2D eigenvalue weighted by Crippen LogP contribution is -2.40. The van der Waals surface area contributed by atoms with Crippen LogP contribution in [-0.2, 0) is 14.8 Å². The summed E-state index contributed by atoms with van der Waals surface area (Å²) in [5.41, 5.74) is 1.24. The minimum absolute atomic E-state index is 0.0842. The highest BCUT2D eigenvalue weighted by Gasteiger charge is 2.24. The number of hydrogen-bond acceptors (Lipinski definition) is 4. The summed E-state index contributed by atoms with van der Waals surface area (Å²) in [4.78, 5) is 25.7. The molecule has 0 radical (unpaired) electrons. The van der Waals surface area contributed by atoms with Crippen LogP contribution in [0.2, 0.25) is 0 Å². The van der Waals surface area contributed by atoms with Crippen LogP contribution in [0.4, 0.5) is 5.69 Å². The van der Waals surface area contributed by atoms with Gasteiger partial charge in [0.25, 0.3) is 5.91 Å². The second-order valence-corrected chi connectivity index (χ2v) is 8.82. The molecule has 1 aromatic rings. The van der Waals surface area contributed by atoms with Crippen molar-refractivity contribution in [3.05, 3.63) is 29.8 Å². The highest BCUT2D eigenvalue weighted by molar-refractivity contribution is 7.89. The Hall–Kier alpha value is -1.93. The van der Waals surface area contributed by atoms with E-state index in [-0.39, 0.29) is 24.1 Å². The fraction of sp³-hybridized carbons (Fsp3) is 0.556. The molecule has 2 heterocycles. The van der Waals surface area contributed by atoms with Gasteiger partial charge >= 0.3 is 0 Å². The van der Waals surface area contributed by atoms with Crippen molar-refractivity contribution in [1.29, 1.82) is 0 Å². The van der Waals surface area contributed by atoms with E-state index in [9.17, 15) is 18.0 Å². The predicted octanol–water partition coefficient (Wildman–Crippen LogP) is 1.36. The number of carbonyl (C=O) groups excluding carboxylic acids is 2. The Morgan fingerprint density at radius 2 is 1.69 bits per heavy atom. The van der Waals surface area contributed by atoms with Gasteiger partial charge in [-0.05, 0) is 43.5 Å². The Labute approximate surface area is 154 Å². The predicted molar refractivity (Wildman–Crippen MR) is 99.6 cm³/mol. The molecule has 7 nitrogen and oxygen atoms in total. The zero-order valence-electron chi connectivity index (χ0n) is 14.8. The van der Waals surface area contributed by atoms with E-state index in [2.05, 4.69) is 5.32 Å². The summed E-state index contributed by atoms with van der Waals surface area (Å²) in [5, 5.41) is 2.67. The van der Waals surface area contributed by atoms with E-state index in [0.29, 0.717) is 31.6 Å². The Bertz CT molecular complexity index is 755. The van der Waals surface area contributed by atoms with Crippen molar-refractivity contribution in [1.82, 2.24) is 9.62 Å². The van der Waals surface area contributed by atoms with Gasteiger partial charge in [0.1, 0.15) is 0 Å². The average molecular weight is 379 g/mol. The van der Waals surface area contributed by atoms with Crippen molar-refractivity contribution in [3.8, 4) is 0 Å². The van der Waals surface area contributed by atoms with Gasteiger partial charge in [0.2, 0.25) is 15.9 Å². The van der Waals surface area contributed by atoms with Crippen LogP contribution in [0.1, 0.15) is 42.5 Å². The van der Waals surface area contributed by atoms with Crippen LogP contribution in [0.15, 0.2) is 24.3 Å². The molecule has 0 unspecified atom stereocenters. The van der Waals surface area contributed by atoms with Gasteiger partial charge in [-0.1, -0.05) is 6.42 Å². The number of nitrogens with zero attached hydrogens (tertiary/aromatic N) is 2. The average Bonchev–Trinajstić information content (AvgIpc) is 3.08. The molecule has 0 atom stereocenters. The van der Waals surface area contributed by atoms with E-state index < -0.39 is 10.0 Å². The lowest BCUT2D eigenvalue weighted by molar-refractivity contribution is -0.117. The minimum Gasteiger partial charge on any atom is -0.351 e. The molecular weight excluding hydrogens is 354 g/mol. The number of benzene rings is 1. The van der Waals surface area contributed by atoms with Crippen LogP contribution >= 0.6 is 0 Å². The molecule has 1 N–H and O–H groups in total. The molecule has 2 aliphatic rings. The first-order valence-electron chi connectivity index (χ1n) is 9.14. The minimum atomic E-state index is -3.31. The zero-order chi connectivity index (χ0) is 18.6. The lowest BCUT2D eigenvalue weighted by Gasteiger charge is -2.25. The van der Waals surface area contributed by atoms with E-state index >= 15 is 0 Å². The third kappa shape index (κ3) is 4.42. The fourth-order valence-electron chi connectivity index (χ4n) is 3.38. The summed E-state index contributed by atoms with van der Waals surface area (Å²) in [6.07, 6.45) is 4.29. The molecule has 142 valence electrons. The van der Waals surface area contributed by atoms with E-state index in [4.69, 9.17) is 0 Å². The quantitative estimate of drug-likeness (QED) is 0.808. The van der Waals surface area contributed by atoms with Gasteiger partial charge in [0, 0.05) is 43.9 Å². The van der Waals surface area contributed by atoms with Gasteiger partial charge in [-0.25, -0.2) is 12.7 Å². The molecular formula is C18H25N3O4S. The van der Waals surface area contributed by atoms with Crippen molar-refractivity contribution in [3.63, 3.8) is 0 Å². The second-order valence-electron chi connectivity index (χ2n) is 6.73. The van der Waals surface area contributed by atoms with Crippen molar-refractivity contribution in [2.75, 3.05) is 36.8 Å². The van der Waals surface area contributed by atoms with E-state index in [1.807, 2.05) is 0 Å². The molecule has 0 saturated carbocycles. The SMILES string of the molecule is O=C(NCCS(=O)(=O)N1CCCCC1)c1ccc(N2CCCC2=O)cc1. The van der Waals surface area contributed by atoms with Gasteiger partial charge in [-0.2, -0.15) is 0 Å². The zero-order valence-corrected chi connectivity index (χ0v) is 15.6. The van der Waals surface area contributed by atoms with Crippen molar-refractivity contribution >= 4 is 27.5 Å². The van der Waals surface area contributed by atoms with Crippen LogP contribution in [0.25, 0.3) is 0 Å². The van der Waals surface area contributed by atoms with E-state index in [1.54, 1.807) is 29.2 Å². The molecule has 2 fully saturated rings. The van der Waals surface area contributed by atoms with Gasteiger partial charge in [0.05, 0.1) is 5.75 Å². The van der Waals surface area contributed by atoms with Crippen LogP contribution in [0.3, 0.4) is 0 Å². The van der Waals surface area contributed by atoms with Gasteiger partial charge in [0.15, 0.2) is 0 Å². The number of hydrogen-bond donors (Lipinski definition) is 1. The number of nitrogens with one attached hydrogen (secondary N) is 1. The highest BCUT2D eigenvalue weighted by atomic mass is 32.2. The van der Waals surface area contributed by atoms with Gasteiger partial charge < -0.3 is 10.2 Å². The van der Waals surface area contributed by atoms with E-state index in [1.165, 1.54) is 4.31 Å². The first kappa shape index (κ1) is 18.8. The van der Waals surface area contributed by atoms with Gasteiger partial charge in [-0.3, -0.25) is 9.59 Å². The second kappa shape index (κ2) is 8.18. The maximum absolute atomic E-state index is 12.3. The Morgan fingerprint density at radius 1 is 1.00 bits per heavy atom. The normalized spacial score (nSPS) is 18.9. The fourth-order valence-corrected chi connectivity index (χ4v) is 4.81. The topological polar surface area (TPSA) is 86.8 Å². The van der Waals surface area contributed by atoms with Crippen molar-refractivity contribution in [2.45, 2.75) is 32.1 Å². The smallest absolute Gasteiger partial charge is 0.251 e. The first-order chi connectivity index (χ1) is 12.5. The molecule has 0 aromatic heterocycles. The maximum Gasteiger partial charge on any atom is 0.251 e. The molecule has 2 amide bonds. The van der Waals surface area contributed by atoms with Crippen molar-refractivity contribution in [2.24, 2.45) is 0 Å². The molecule has 1 aromatic carbocycles. The summed E-state index contributed by atoms with van der Waals surface area (Å²) >= 11 is 0. The third-order valence-corrected chi connectivity index (χ3v) is 6.74. The summed E-state index contributed by atoms with van der Waals surface area (Å²) in [6, 6.07) is 6.83.